The molecular formula is C18H23N5O2S. The first-order valence-corrected chi connectivity index (χ1v) is 9.86. The van der Waals surface area contributed by atoms with E-state index in [0.29, 0.717) is 17.4 Å². The van der Waals surface area contributed by atoms with E-state index in [4.69, 9.17) is 0 Å². The van der Waals surface area contributed by atoms with Crippen LogP contribution < -0.4 is 11.0 Å². The van der Waals surface area contributed by atoms with E-state index in [1.54, 1.807) is 11.3 Å². The Morgan fingerprint density at radius 2 is 2.19 bits per heavy atom. The van der Waals surface area contributed by atoms with Crippen molar-refractivity contribution in [1.29, 1.82) is 0 Å². The van der Waals surface area contributed by atoms with Crippen molar-refractivity contribution < 1.29 is 4.79 Å². The molecule has 1 amide bonds. The first-order valence-electron chi connectivity index (χ1n) is 9.05. The highest BCUT2D eigenvalue weighted by Gasteiger charge is 2.25. The number of aromatic nitrogens is 4. The summed E-state index contributed by atoms with van der Waals surface area (Å²) < 4.78 is 2.78. The number of amides is 1. The second kappa shape index (κ2) is 6.19. The van der Waals surface area contributed by atoms with Gasteiger partial charge in [0.2, 0.25) is 5.91 Å². The Labute approximate surface area is 155 Å². The zero-order valence-electron chi connectivity index (χ0n) is 15.5. The Kier molecular flexibility index (Phi) is 4.10. The van der Waals surface area contributed by atoms with E-state index in [1.807, 2.05) is 20.8 Å². The number of aryl methyl sites for hydroxylation is 2. The van der Waals surface area contributed by atoms with Gasteiger partial charge in [-0.1, -0.05) is 6.92 Å². The number of hydrogen-bond acceptors (Lipinski definition) is 5. The third-order valence-electron chi connectivity index (χ3n) is 4.89. The number of rotatable bonds is 3. The molecule has 0 saturated carbocycles. The zero-order chi connectivity index (χ0) is 18.6. The third kappa shape index (κ3) is 2.72. The van der Waals surface area contributed by atoms with E-state index in [2.05, 4.69) is 22.3 Å². The summed E-state index contributed by atoms with van der Waals surface area (Å²) >= 11 is 1.71. The lowest BCUT2D eigenvalue weighted by Gasteiger charge is -2.17. The van der Waals surface area contributed by atoms with Crippen molar-refractivity contribution in [2.75, 3.05) is 0 Å². The summed E-state index contributed by atoms with van der Waals surface area (Å²) in [6.07, 6.45) is 3.19. The molecule has 138 valence electrons. The SMILES string of the molecule is Cc1nc2sc3c(c2c2nn(CC(=O)NC(C)C)c(=O)n12)CC[C@H](C)C3. The van der Waals surface area contributed by atoms with Crippen LogP contribution in [0.25, 0.3) is 15.9 Å². The highest BCUT2D eigenvalue weighted by molar-refractivity contribution is 7.19. The maximum Gasteiger partial charge on any atom is 0.352 e. The minimum absolute atomic E-state index is 0.0243. The van der Waals surface area contributed by atoms with Crippen molar-refractivity contribution in [3.05, 3.63) is 26.7 Å². The average molecular weight is 373 g/mol. The largest absolute Gasteiger partial charge is 0.352 e. The van der Waals surface area contributed by atoms with Crippen molar-refractivity contribution in [1.82, 2.24) is 24.5 Å². The Hall–Kier alpha value is -2.22. The molecule has 0 unspecified atom stereocenters. The van der Waals surface area contributed by atoms with Crippen LogP contribution in [0.15, 0.2) is 4.79 Å². The highest BCUT2D eigenvalue weighted by atomic mass is 32.1. The fourth-order valence-corrected chi connectivity index (χ4v) is 5.13. The minimum atomic E-state index is -0.310. The molecule has 1 aliphatic rings. The van der Waals surface area contributed by atoms with Gasteiger partial charge in [0.25, 0.3) is 0 Å². The van der Waals surface area contributed by atoms with Gasteiger partial charge < -0.3 is 5.32 Å². The van der Waals surface area contributed by atoms with E-state index >= 15 is 0 Å². The Morgan fingerprint density at radius 3 is 2.92 bits per heavy atom. The molecule has 7 nitrogen and oxygen atoms in total. The van der Waals surface area contributed by atoms with Gasteiger partial charge in [-0.15, -0.1) is 16.4 Å². The molecule has 26 heavy (non-hydrogen) atoms. The molecule has 3 aromatic heterocycles. The van der Waals surface area contributed by atoms with Crippen LogP contribution in [-0.4, -0.2) is 31.1 Å². The van der Waals surface area contributed by atoms with Crippen LogP contribution in [0.1, 0.15) is 43.5 Å². The molecule has 3 heterocycles. The second-order valence-corrected chi connectivity index (χ2v) is 8.60. The first-order chi connectivity index (χ1) is 12.3. The standard InChI is InChI=1S/C18H23N5O2S/c1-9(2)19-14(24)8-22-18(25)23-11(4)20-17-15(16(23)21-22)12-6-5-10(3)7-13(12)26-17/h9-10H,5-8H2,1-4H3,(H,19,24)/t10-/m0/s1. The monoisotopic (exact) mass is 373 g/mol. The van der Waals surface area contributed by atoms with Crippen molar-refractivity contribution in [3.8, 4) is 0 Å². The number of carbonyl (C=O) groups excluding carboxylic acids is 1. The van der Waals surface area contributed by atoms with Crippen LogP contribution in [0.4, 0.5) is 0 Å². The Morgan fingerprint density at radius 1 is 1.42 bits per heavy atom. The normalized spacial score (nSPS) is 17.2. The van der Waals surface area contributed by atoms with Crippen LogP contribution in [0, 0.1) is 12.8 Å². The second-order valence-electron chi connectivity index (χ2n) is 7.51. The van der Waals surface area contributed by atoms with Gasteiger partial charge in [-0.2, -0.15) is 0 Å². The molecule has 4 rings (SSSR count). The molecule has 0 saturated heterocycles. The van der Waals surface area contributed by atoms with Gasteiger partial charge >= 0.3 is 5.69 Å². The van der Waals surface area contributed by atoms with Gasteiger partial charge in [-0.05, 0) is 51.5 Å². The van der Waals surface area contributed by atoms with Crippen LogP contribution >= 0.6 is 11.3 Å². The number of nitrogens with zero attached hydrogens (tertiary/aromatic N) is 4. The van der Waals surface area contributed by atoms with Gasteiger partial charge in [0, 0.05) is 10.9 Å². The highest BCUT2D eigenvalue weighted by Crippen LogP contribution is 2.38. The molecule has 8 heteroatoms. The van der Waals surface area contributed by atoms with Crippen LogP contribution in [0.2, 0.25) is 0 Å². The summed E-state index contributed by atoms with van der Waals surface area (Å²) in [6.45, 7) is 7.79. The van der Waals surface area contributed by atoms with Gasteiger partial charge in [0.15, 0.2) is 5.65 Å². The molecule has 0 radical (unpaired) electrons. The molecular weight excluding hydrogens is 350 g/mol. The number of nitrogens with one attached hydrogen (secondary N) is 1. The fraction of sp³-hybridized carbons (Fsp3) is 0.556. The maximum absolute atomic E-state index is 12.8. The van der Waals surface area contributed by atoms with E-state index in [-0.39, 0.29) is 24.2 Å². The lowest BCUT2D eigenvalue weighted by atomic mass is 9.89. The van der Waals surface area contributed by atoms with Crippen molar-refractivity contribution in [2.24, 2.45) is 5.92 Å². The predicted octanol–water partition coefficient (Wildman–Crippen LogP) is 2.06. The first kappa shape index (κ1) is 17.2. The third-order valence-corrected chi connectivity index (χ3v) is 6.03. The van der Waals surface area contributed by atoms with E-state index in [9.17, 15) is 9.59 Å². The summed E-state index contributed by atoms with van der Waals surface area (Å²) in [5.74, 6) is 1.07. The number of thiophene rings is 1. The molecule has 1 aliphatic carbocycles. The molecule has 0 aromatic carbocycles. The number of hydrogen-bond donors (Lipinski definition) is 1. The van der Waals surface area contributed by atoms with Crippen molar-refractivity contribution in [3.63, 3.8) is 0 Å². The van der Waals surface area contributed by atoms with Gasteiger partial charge in [-0.25, -0.2) is 18.9 Å². The smallest absolute Gasteiger partial charge is 0.352 e. The minimum Gasteiger partial charge on any atom is -0.352 e. The van der Waals surface area contributed by atoms with E-state index < -0.39 is 0 Å². The lowest BCUT2D eigenvalue weighted by molar-refractivity contribution is -0.122. The Bertz CT molecular complexity index is 1080. The predicted molar refractivity (Wildman–Crippen MR) is 102 cm³/mol. The molecule has 0 bridgehead atoms. The summed E-state index contributed by atoms with van der Waals surface area (Å²) in [7, 11) is 0. The van der Waals surface area contributed by atoms with E-state index in [0.717, 1.165) is 29.5 Å². The topological polar surface area (TPSA) is 81.3 Å². The zero-order valence-corrected chi connectivity index (χ0v) is 16.3. The quantitative estimate of drug-likeness (QED) is 0.762. The average Bonchev–Trinajstić information content (AvgIpc) is 3.04. The fourth-order valence-electron chi connectivity index (χ4n) is 3.71. The maximum atomic E-state index is 12.8. The molecule has 0 fully saturated rings. The molecule has 1 N–H and O–H groups in total. The van der Waals surface area contributed by atoms with Gasteiger partial charge in [0.05, 0.1) is 5.39 Å². The van der Waals surface area contributed by atoms with E-state index in [1.165, 1.54) is 19.5 Å². The summed E-state index contributed by atoms with van der Waals surface area (Å²) in [4.78, 5) is 31.9. The van der Waals surface area contributed by atoms with Crippen LogP contribution in [0.3, 0.4) is 0 Å². The van der Waals surface area contributed by atoms with Crippen molar-refractivity contribution in [2.45, 2.75) is 59.5 Å². The summed E-state index contributed by atoms with van der Waals surface area (Å²) in [6, 6.07) is 0.0243. The molecule has 0 aliphatic heterocycles. The number of carbonyl (C=O) groups is 1. The van der Waals surface area contributed by atoms with Crippen LogP contribution in [-0.2, 0) is 24.2 Å². The molecule has 3 aromatic rings. The lowest BCUT2D eigenvalue weighted by Crippen LogP contribution is -2.36. The summed E-state index contributed by atoms with van der Waals surface area (Å²) in [5, 5.41) is 8.31. The van der Waals surface area contributed by atoms with Gasteiger partial charge in [0.1, 0.15) is 17.2 Å². The van der Waals surface area contributed by atoms with Gasteiger partial charge in [-0.3, -0.25) is 4.79 Å². The van der Waals surface area contributed by atoms with Crippen LogP contribution in [0.5, 0.6) is 0 Å². The molecule has 1 atom stereocenters. The Balaban J connectivity index is 1.89. The van der Waals surface area contributed by atoms with Crippen molar-refractivity contribution >= 4 is 33.1 Å². The summed E-state index contributed by atoms with van der Waals surface area (Å²) in [5.41, 5.74) is 1.60. The number of fused-ring (bicyclic) bond motifs is 5. The molecule has 0 spiro atoms.